The van der Waals surface area contributed by atoms with Crippen molar-refractivity contribution in [2.24, 2.45) is 0 Å². The molecule has 0 unspecified atom stereocenters. The normalized spacial score (nSPS) is 11.9. The Balaban J connectivity index is 2.82. The van der Waals surface area contributed by atoms with Gasteiger partial charge in [-0.3, -0.25) is 0 Å². The molecule has 0 spiro atoms. The second kappa shape index (κ2) is 5.74. The van der Waals surface area contributed by atoms with Crippen molar-refractivity contribution in [2.45, 2.75) is 45.8 Å². The van der Waals surface area contributed by atoms with Crippen LogP contribution in [0.3, 0.4) is 0 Å². The highest BCUT2D eigenvalue weighted by molar-refractivity contribution is 6.32. The van der Waals surface area contributed by atoms with Gasteiger partial charge in [0, 0.05) is 5.54 Å². The first-order chi connectivity index (χ1) is 7.84. The van der Waals surface area contributed by atoms with Crippen molar-refractivity contribution in [3.05, 3.63) is 28.8 Å². The lowest BCUT2D eigenvalue weighted by molar-refractivity contribution is 0.242. The van der Waals surface area contributed by atoms with Crippen LogP contribution in [0.15, 0.2) is 18.2 Å². The monoisotopic (exact) mass is 255 g/mol. The molecule has 0 aliphatic rings. The smallest absolute Gasteiger partial charge is 0.138 e. The Kier molecular flexibility index (Phi) is 4.84. The van der Waals surface area contributed by atoms with Crippen molar-refractivity contribution in [3.63, 3.8) is 0 Å². The van der Waals surface area contributed by atoms with Crippen LogP contribution in [0, 0.1) is 0 Å². The zero-order chi connectivity index (χ0) is 13.1. The second-order valence-electron chi connectivity index (χ2n) is 5.24. The maximum atomic E-state index is 6.20. The summed E-state index contributed by atoms with van der Waals surface area (Å²) in [6.07, 6.45) is 1.08. The molecule has 0 aliphatic heterocycles. The number of nitrogens with one attached hydrogen (secondary N) is 1. The molecular formula is C14H22ClNO. The van der Waals surface area contributed by atoms with Gasteiger partial charge in [-0.1, -0.05) is 17.7 Å². The van der Waals surface area contributed by atoms with Gasteiger partial charge >= 0.3 is 0 Å². The van der Waals surface area contributed by atoms with Crippen LogP contribution in [0.2, 0.25) is 5.02 Å². The third kappa shape index (κ3) is 4.57. The summed E-state index contributed by atoms with van der Waals surface area (Å²) in [6, 6.07) is 6.00. The van der Waals surface area contributed by atoms with Crippen molar-refractivity contribution >= 4 is 11.6 Å². The fourth-order valence-corrected chi connectivity index (χ4v) is 1.85. The Bertz CT molecular complexity index is 374. The molecule has 1 aromatic carbocycles. The van der Waals surface area contributed by atoms with Crippen LogP contribution in [-0.2, 0) is 6.42 Å². The Hall–Kier alpha value is -0.730. The molecule has 2 nitrogen and oxygen atoms in total. The molecule has 0 amide bonds. The highest BCUT2D eigenvalue weighted by Crippen LogP contribution is 2.27. The quantitative estimate of drug-likeness (QED) is 0.867. The van der Waals surface area contributed by atoms with Crippen molar-refractivity contribution in [1.29, 1.82) is 0 Å². The van der Waals surface area contributed by atoms with Gasteiger partial charge < -0.3 is 10.1 Å². The molecule has 17 heavy (non-hydrogen) atoms. The first-order valence-electron chi connectivity index (χ1n) is 5.98. The number of hydrogen-bond acceptors (Lipinski definition) is 2. The second-order valence-corrected chi connectivity index (χ2v) is 5.65. The summed E-state index contributed by atoms with van der Waals surface area (Å²) < 4.78 is 5.61. The highest BCUT2D eigenvalue weighted by Gasteiger charge is 2.16. The van der Waals surface area contributed by atoms with E-state index in [1.807, 2.05) is 33.0 Å². The van der Waals surface area contributed by atoms with Gasteiger partial charge in [-0.15, -0.1) is 0 Å². The van der Waals surface area contributed by atoms with E-state index in [-0.39, 0.29) is 11.6 Å². The lowest BCUT2D eigenvalue weighted by atomic mass is 9.95. The summed E-state index contributed by atoms with van der Waals surface area (Å²) in [5.41, 5.74) is 1.29. The molecule has 0 aromatic heterocycles. The van der Waals surface area contributed by atoms with Crippen LogP contribution in [0.25, 0.3) is 0 Å². The molecule has 0 heterocycles. The van der Waals surface area contributed by atoms with E-state index in [0.717, 1.165) is 12.2 Å². The van der Waals surface area contributed by atoms with E-state index in [4.69, 9.17) is 16.3 Å². The predicted molar refractivity (Wildman–Crippen MR) is 74.1 cm³/mol. The van der Waals surface area contributed by atoms with Crippen LogP contribution in [-0.4, -0.2) is 18.7 Å². The zero-order valence-electron chi connectivity index (χ0n) is 11.3. The SMILES string of the molecule is CNC(C)(C)Cc1ccc(OC(C)C)c(Cl)c1. The Labute approximate surface area is 109 Å². The summed E-state index contributed by atoms with van der Waals surface area (Å²) in [5.74, 6) is 0.757. The highest BCUT2D eigenvalue weighted by atomic mass is 35.5. The maximum absolute atomic E-state index is 6.20. The lowest BCUT2D eigenvalue weighted by Crippen LogP contribution is -2.38. The molecule has 1 aromatic rings. The fraction of sp³-hybridized carbons (Fsp3) is 0.571. The van der Waals surface area contributed by atoms with Gasteiger partial charge in [-0.05, 0) is 58.9 Å². The maximum Gasteiger partial charge on any atom is 0.138 e. The standard InChI is InChI=1S/C14H22ClNO/c1-10(2)17-13-7-6-11(8-12(13)15)9-14(3,4)16-5/h6-8,10,16H,9H2,1-5H3. The zero-order valence-corrected chi connectivity index (χ0v) is 12.1. The van der Waals surface area contributed by atoms with Gasteiger partial charge in [0.05, 0.1) is 11.1 Å². The number of halogens is 1. The topological polar surface area (TPSA) is 21.3 Å². The Morgan fingerprint density at radius 1 is 1.35 bits per heavy atom. The minimum Gasteiger partial charge on any atom is -0.489 e. The van der Waals surface area contributed by atoms with Crippen LogP contribution < -0.4 is 10.1 Å². The van der Waals surface area contributed by atoms with Crippen LogP contribution in [0.5, 0.6) is 5.75 Å². The summed E-state index contributed by atoms with van der Waals surface area (Å²) in [7, 11) is 1.97. The van der Waals surface area contributed by atoms with Crippen molar-refractivity contribution in [1.82, 2.24) is 5.32 Å². The van der Waals surface area contributed by atoms with E-state index in [1.54, 1.807) is 0 Å². The Morgan fingerprint density at radius 3 is 2.47 bits per heavy atom. The number of ether oxygens (including phenoxy) is 1. The first-order valence-corrected chi connectivity index (χ1v) is 6.36. The molecule has 0 bridgehead atoms. The number of hydrogen-bond donors (Lipinski definition) is 1. The van der Waals surface area contributed by atoms with Gasteiger partial charge in [0.1, 0.15) is 5.75 Å². The Morgan fingerprint density at radius 2 is 2.00 bits per heavy atom. The van der Waals surface area contributed by atoms with E-state index in [9.17, 15) is 0 Å². The minimum absolute atomic E-state index is 0.0732. The molecule has 0 saturated heterocycles. The van der Waals surface area contributed by atoms with Crippen LogP contribution in [0.4, 0.5) is 0 Å². The predicted octanol–water partition coefficient (Wildman–Crippen LogP) is 3.67. The molecule has 3 heteroatoms. The fourth-order valence-electron chi connectivity index (χ4n) is 1.60. The lowest BCUT2D eigenvalue weighted by Gasteiger charge is -2.24. The van der Waals surface area contributed by atoms with Gasteiger partial charge in [0.15, 0.2) is 0 Å². The van der Waals surface area contributed by atoms with E-state index < -0.39 is 0 Å². The summed E-state index contributed by atoms with van der Waals surface area (Å²) in [4.78, 5) is 0. The summed E-state index contributed by atoms with van der Waals surface area (Å²) in [6.45, 7) is 8.32. The third-order valence-electron chi connectivity index (χ3n) is 2.68. The molecule has 96 valence electrons. The molecule has 1 N–H and O–H groups in total. The van der Waals surface area contributed by atoms with Gasteiger partial charge in [0.25, 0.3) is 0 Å². The molecule has 0 radical (unpaired) electrons. The van der Waals surface area contributed by atoms with E-state index in [1.165, 1.54) is 5.56 Å². The van der Waals surface area contributed by atoms with Crippen molar-refractivity contribution < 1.29 is 4.74 Å². The minimum atomic E-state index is 0.0732. The third-order valence-corrected chi connectivity index (χ3v) is 2.98. The number of rotatable bonds is 5. The van der Waals surface area contributed by atoms with E-state index in [2.05, 4.69) is 25.2 Å². The first kappa shape index (κ1) is 14.3. The van der Waals surface area contributed by atoms with Gasteiger partial charge in [-0.2, -0.15) is 0 Å². The molecule has 0 saturated carbocycles. The van der Waals surface area contributed by atoms with Crippen LogP contribution >= 0.6 is 11.6 Å². The van der Waals surface area contributed by atoms with E-state index in [0.29, 0.717) is 5.02 Å². The van der Waals surface area contributed by atoms with Gasteiger partial charge in [-0.25, -0.2) is 0 Å². The van der Waals surface area contributed by atoms with E-state index >= 15 is 0 Å². The molecular weight excluding hydrogens is 234 g/mol. The summed E-state index contributed by atoms with van der Waals surface area (Å²) >= 11 is 6.20. The number of benzene rings is 1. The molecule has 0 aliphatic carbocycles. The molecule has 1 rings (SSSR count). The van der Waals surface area contributed by atoms with Crippen molar-refractivity contribution in [3.8, 4) is 5.75 Å². The average molecular weight is 256 g/mol. The molecule has 0 atom stereocenters. The van der Waals surface area contributed by atoms with Crippen LogP contribution in [0.1, 0.15) is 33.3 Å². The van der Waals surface area contributed by atoms with Gasteiger partial charge in [0.2, 0.25) is 0 Å². The summed E-state index contributed by atoms with van der Waals surface area (Å²) in [5, 5.41) is 3.97. The largest absolute Gasteiger partial charge is 0.489 e. The molecule has 0 fully saturated rings. The number of likely N-dealkylation sites (N-methyl/N-ethyl adjacent to an activating group) is 1. The van der Waals surface area contributed by atoms with Crippen molar-refractivity contribution in [2.75, 3.05) is 7.05 Å². The average Bonchev–Trinajstić information content (AvgIpc) is 2.21.